The molecule has 2 unspecified atom stereocenters. The minimum atomic E-state index is -0.307. The van der Waals surface area contributed by atoms with E-state index in [4.69, 9.17) is 4.98 Å². The predicted molar refractivity (Wildman–Crippen MR) is 111 cm³/mol. The maximum atomic E-state index is 13.3. The van der Waals surface area contributed by atoms with E-state index in [1.165, 1.54) is 6.42 Å². The van der Waals surface area contributed by atoms with Crippen LogP contribution in [0.3, 0.4) is 0 Å². The summed E-state index contributed by atoms with van der Waals surface area (Å²) in [5.41, 5.74) is 1.64. The van der Waals surface area contributed by atoms with Gasteiger partial charge in [-0.2, -0.15) is 0 Å². The highest BCUT2D eigenvalue weighted by molar-refractivity contribution is 5.84. The number of nitrogens with one attached hydrogen (secondary N) is 2. The van der Waals surface area contributed by atoms with Crippen LogP contribution < -0.4 is 10.6 Å². The van der Waals surface area contributed by atoms with Crippen molar-refractivity contribution in [2.75, 3.05) is 6.54 Å². The fraction of sp³-hybridized carbons (Fsp3) is 0.609. The fourth-order valence-electron chi connectivity index (χ4n) is 6.94. The van der Waals surface area contributed by atoms with Gasteiger partial charge < -0.3 is 15.2 Å². The third-order valence-electron chi connectivity index (χ3n) is 7.50. The van der Waals surface area contributed by atoms with E-state index in [1.54, 1.807) is 6.92 Å². The number of hydrogen-bond donors (Lipinski definition) is 2. The van der Waals surface area contributed by atoms with Crippen molar-refractivity contribution >= 4 is 22.8 Å². The molecule has 4 aliphatic carbocycles. The Morgan fingerprint density at radius 3 is 2.59 bits per heavy atom. The average molecular weight is 395 g/mol. The Morgan fingerprint density at radius 1 is 1.17 bits per heavy atom. The van der Waals surface area contributed by atoms with Crippen molar-refractivity contribution in [3.8, 4) is 0 Å². The van der Waals surface area contributed by atoms with Crippen LogP contribution in [0.4, 0.5) is 0 Å². The minimum Gasteiger partial charge on any atom is -0.355 e. The number of para-hydroxylation sites is 2. The van der Waals surface area contributed by atoms with Gasteiger partial charge in [0.1, 0.15) is 5.82 Å². The summed E-state index contributed by atoms with van der Waals surface area (Å²) in [5.74, 6) is 2.33. The third kappa shape index (κ3) is 3.13. The zero-order valence-corrected chi connectivity index (χ0v) is 17.3. The van der Waals surface area contributed by atoms with Crippen molar-refractivity contribution < 1.29 is 9.59 Å². The number of nitrogens with zero attached hydrogens (tertiary/aromatic N) is 2. The number of benzene rings is 1. The Bertz CT molecular complexity index is 964. The number of aromatic nitrogens is 2. The lowest BCUT2D eigenvalue weighted by molar-refractivity contribution is -0.153. The van der Waals surface area contributed by atoms with Crippen molar-refractivity contribution in [3.05, 3.63) is 30.1 Å². The third-order valence-corrected chi connectivity index (χ3v) is 7.50. The molecule has 0 aliphatic heterocycles. The molecule has 0 saturated heterocycles. The Kier molecular flexibility index (Phi) is 4.23. The molecule has 0 spiro atoms. The highest BCUT2D eigenvalue weighted by Gasteiger charge is 2.60. The van der Waals surface area contributed by atoms with Crippen LogP contribution in [0.1, 0.15) is 51.3 Å². The molecule has 2 N–H and O–H groups in total. The Morgan fingerprint density at radius 2 is 1.90 bits per heavy atom. The maximum absolute atomic E-state index is 13.3. The molecular weight excluding hydrogens is 364 g/mol. The van der Waals surface area contributed by atoms with E-state index in [2.05, 4.69) is 21.3 Å². The van der Waals surface area contributed by atoms with Gasteiger partial charge in [-0.3, -0.25) is 9.59 Å². The maximum Gasteiger partial charge on any atom is 0.226 e. The van der Waals surface area contributed by atoms with E-state index >= 15 is 0 Å². The number of fused-ring (bicyclic) bond motifs is 1. The molecule has 1 heterocycles. The molecule has 0 radical (unpaired) electrons. The van der Waals surface area contributed by atoms with Crippen LogP contribution in [0.25, 0.3) is 11.0 Å². The van der Waals surface area contributed by atoms with Gasteiger partial charge in [-0.25, -0.2) is 4.98 Å². The zero-order chi connectivity index (χ0) is 20.2. The molecular formula is C23H30N4O2. The van der Waals surface area contributed by atoms with Crippen LogP contribution in [0.5, 0.6) is 0 Å². The quantitative estimate of drug-likeness (QED) is 0.819. The lowest BCUT2D eigenvalue weighted by atomic mass is 9.46. The van der Waals surface area contributed by atoms with E-state index in [1.807, 2.05) is 25.2 Å². The van der Waals surface area contributed by atoms with Crippen LogP contribution in [0.2, 0.25) is 0 Å². The summed E-state index contributed by atoms with van der Waals surface area (Å²) >= 11 is 0. The molecule has 1 aromatic heterocycles. The van der Waals surface area contributed by atoms with Crippen molar-refractivity contribution in [2.45, 2.75) is 57.4 Å². The number of rotatable bonds is 5. The fourth-order valence-corrected chi connectivity index (χ4v) is 6.94. The lowest BCUT2D eigenvalue weighted by Gasteiger charge is -2.61. The number of aryl methyl sites for hydroxylation is 1. The zero-order valence-electron chi connectivity index (χ0n) is 17.3. The molecule has 4 bridgehead atoms. The Hall–Kier alpha value is -2.37. The SMILES string of the molecule is CC(=O)NC12C[C@H]3C[C@@H](C1)CC(C(=O)NCCc1nc4ccccc4n1C)(C3)C2. The molecule has 154 valence electrons. The van der Waals surface area contributed by atoms with Crippen LogP contribution in [0, 0.1) is 17.3 Å². The molecule has 4 fully saturated rings. The summed E-state index contributed by atoms with van der Waals surface area (Å²) in [6.07, 6.45) is 6.76. The molecule has 2 amide bonds. The van der Waals surface area contributed by atoms with Gasteiger partial charge in [0, 0.05) is 32.5 Å². The normalized spacial score (nSPS) is 32.5. The molecule has 4 saturated carbocycles. The molecule has 4 aliphatic rings. The standard InChI is InChI=1S/C23H30N4O2/c1-15(28)26-23-12-16-9-17(13-23)11-22(10-16,14-23)21(29)24-8-7-20-25-18-5-3-4-6-19(18)27(20)2/h3-6,16-17H,7-14H2,1-2H3,(H,24,29)(H,26,28)/t16-,17+,22?,23?. The monoisotopic (exact) mass is 394 g/mol. The van der Waals surface area contributed by atoms with Gasteiger partial charge in [-0.15, -0.1) is 0 Å². The van der Waals surface area contributed by atoms with Gasteiger partial charge in [-0.1, -0.05) is 12.1 Å². The van der Waals surface area contributed by atoms with Crippen molar-refractivity contribution in [1.29, 1.82) is 0 Å². The predicted octanol–water partition coefficient (Wildman–Crippen LogP) is 2.71. The highest BCUT2D eigenvalue weighted by Crippen LogP contribution is 2.61. The van der Waals surface area contributed by atoms with E-state index in [0.29, 0.717) is 18.4 Å². The summed E-state index contributed by atoms with van der Waals surface area (Å²) in [5, 5.41) is 6.46. The van der Waals surface area contributed by atoms with Gasteiger partial charge in [0.25, 0.3) is 0 Å². The molecule has 1 aromatic carbocycles. The van der Waals surface area contributed by atoms with E-state index in [-0.39, 0.29) is 22.8 Å². The number of carbonyl (C=O) groups excluding carboxylic acids is 2. The first-order chi connectivity index (χ1) is 13.9. The second-order valence-corrected chi connectivity index (χ2v) is 9.78. The summed E-state index contributed by atoms with van der Waals surface area (Å²) in [6, 6.07) is 8.11. The second kappa shape index (κ2) is 6.57. The second-order valence-electron chi connectivity index (χ2n) is 9.78. The first kappa shape index (κ1) is 18.6. The number of amides is 2. The summed E-state index contributed by atoms with van der Waals surface area (Å²) < 4.78 is 2.11. The van der Waals surface area contributed by atoms with Crippen LogP contribution >= 0.6 is 0 Å². The van der Waals surface area contributed by atoms with Crippen molar-refractivity contribution in [2.24, 2.45) is 24.3 Å². The molecule has 6 rings (SSSR count). The summed E-state index contributed by atoms with van der Waals surface area (Å²) in [6.45, 7) is 2.20. The number of carbonyl (C=O) groups is 2. The number of hydrogen-bond acceptors (Lipinski definition) is 3. The highest BCUT2D eigenvalue weighted by atomic mass is 16.2. The van der Waals surface area contributed by atoms with E-state index in [9.17, 15) is 9.59 Å². The van der Waals surface area contributed by atoms with Crippen LogP contribution in [-0.2, 0) is 23.1 Å². The average Bonchev–Trinajstić information content (AvgIpc) is 2.96. The Balaban J connectivity index is 1.28. The Labute approximate surface area is 171 Å². The van der Waals surface area contributed by atoms with E-state index in [0.717, 1.165) is 55.4 Å². The molecule has 6 nitrogen and oxygen atoms in total. The van der Waals surface area contributed by atoms with Gasteiger partial charge in [0.2, 0.25) is 11.8 Å². The van der Waals surface area contributed by atoms with Crippen molar-refractivity contribution in [1.82, 2.24) is 20.2 Å². The van der Waals surface area contributed by atoms with Gasteiger partial charge in [-0.05, 0) is 62.5 Å². The molecule has 29 heavy (non-hydrogen) atoms. The summed E-state index contributed by atoms with van der Waals surface area (Å²) in [7, 11) is 2.03. The first-order valence-electron chi connectivity index (χ1n) is 10.9. The van der Waals surface area contributed by atoms with Crippen LogP contribution in [-0.4, -0.2) is 33.4 Å². The first-order valence-corrected chi connectivity index (χ1v) is 10.9. The molecule has 4 atom stereocenters. The smallest absolute Gasteiger partial charge is 0.226 e. The largest absolute Gasteiger partial charge is 0.355 e. The summed E-state index contributed by atoms with van der Waals surface area (Å²) in [4.78, 5) is 29.8. The van der Waals surface area contributed by atoms with Gasteiger partial charge >= 0.3 is 0 Å². The van der Waals surface area contributed by atoms with E-state index < -0.39 is 0 Å². The lowest BCUT2D eigenvalue weighted by Crippen LogP contribution is -2.65. The van der Waals surface area contributed by atoms with Crippen LogP contribution in [0.15, 0.2) is 24.3 Å². The topological polar surface area (TPSA) is 76.0 Å². The van der Waals surface area contributed by atoms with Gasteiger partial charge in [0.15, 0.2) is 0 Å². The number of imidazole rings is 1. The van der Waals surface area contributed by atoms with Crippen molar-refractivity contribution in [3.63, 3.8) is 0 Å². The minimum absolute atomic E-state index is 0.0318. The molecule has 2 aromatic rings. The molecule has 6 heteroatoms. The van der Waals surface area contributed by atoms with Gasteiger partial charge in [0.05, 0.1) is 16.4 Å².